The Hall–Kier alpha value is -3.09. The molecule has 4 rings (SSSR count). The molecular formula is C23H27N3O4. The van der Waals surface area contributed by atoms with E-state index in [9.17, 15) is 9.59 Å². The van der Waals surface area contributed by atoms with Crippen LogP contribution in [0.2, 0.25) is 0 Å². The Labute approximate surface area is 176 Å². The number of rotatable bonds is 8. The maximum atomic E-state index is 13.0. The molecule has 2 aliphatic rings. The molecule has 0 radical (unpaired) electrons. The second kappa shape index (κ2) is 9.15. The largest absolute Gasteiger partial charge is 0.497 e. The van der Waals surface area contributed by atoms with Crippen LogP contribution in [0, 0.1) is 0 Å². The average molecular weight is 409 g/mol. The average Bonchev–Trinajstić information content (AvgIpc) is 3.49. The van der Waals surface area contributed by atoms with E-state index in [1.165, 1.54) is 0 Å². The molecule has 1 aliphatic heterocycles. The lowest BCUT2D eigenvalue weighted by Gasteiger charge is -2.23. The molecule has 1 aromatic heterocycles. The predicted molar refractivity (Wildman–Crippen MR) is 111 cm³/mol. The number of hydrogen-bond acceptors (Lipinski definition) is 5. The Balaban J connectivity index is 1.40. The van der Waals surface area contributed by atoms with Gasteiger partial charge in [-0.05, 0) is 49.1 Å². The molecule has 2 fully saturated rings. The fourth-order valence-electron chi connectivity index (χ4n) is 3.73. The number of nitrogens with one attached hydrogen (secondary N) is 1. The number of carbonyl (C=O) groups excluding carboxylic acids is 2. The first-order valence-electron chi connectivity index (χ1n) is 10.4. The first-order chi connectivity index (χ1) is 14.6. The molecule has 0 spiro atoms. The third-order valence-electron chi connectivity index (χ3n) is 5.53. The molecular weight excluding hydrogens is 382 g/mol. The van der Waals surface area contributed by atoms with Gasteiger partial charge in [0.05, 0.1) is 19.9 Å². The van der Waals surface area contributed by atoms with Gasteiger partial charge in [0, 0.05) is 25.1 Å². The van der Waals surface area contributed by atoms with E-state index in [-0.39, 0.29) is 24.0 Å². The summed E-state index contributed by atoms with van der Waals surface area (Å²) in [7, 11) is 1.63. The van der Waals surface area contributed by atoms with Crippen LogP contribution < -0.4 is 14.8 Å². The number of aryl methyl sites for hydroxylation is 1. The van der Waals surface area contributed by atoms with Crippen LogP contribution in [0.5, 0.6) is 11.5 Å². The number of nitrogens with zero attached hydrogens (tertiary/aromatic N) is 2. The summed E-state index contributed by atoms with van der Waals surface area (Å²) in [4.78, 5) is 31.5. The van der Waals surface area contributed by atoms with Crippen molar-refractivity contribution in [3.8, 4) is 11.5 Å². The van der Waals surface area contributed by atoms with E-state index in [1.807, 2.05) is 30.3 Å². The molecule has 1 N–H and O–H groups in total. The molecule has 7 nitrogen and oxygen atoms in total. The molecule has 0 unspecified atom stereocenters. The summed E-state index contributed by atoms with van der Waals surface area (Å²) in [6.45, 7) is 0.402. The highest BCUT2D eigenvalue weighted by molar-refractivity contribution is 5.88. The van der Waals surface area contributed by atoms with Gasteiger partial charge < -0.3 is 19.7 Å². The number of ether oxygens (including phenoxy) is 2. The topological polar surface area (TPSA) is 80.8 Å². The van der Waals surface area contributed by atoms with E-state index >= 15 is 0 Å². The highest BCUT2D eigenvalue weighted by Crippen LogP contribution is 2.26. The van der Waals surface area contributed by atoms with Crippen molar-refractivity contribution in [2.75, 3.05) is 13.7 Å². The second-order valence-corrected chi connectivity index (χ2v) is 7.86. The van der Waals surface area contributed by atoms with Gasteiger partial charge in [0.1, 0.15) is 23.6 Å². The molecule has 0 bridgehead atoms. The molecule has 2 heterocycles. The maximum absolute atomic E-state index is 13.0. The maximum Gasteiger partial charge on any atom is 0.243 e. The summed E-state index contributed by atoms with van der Waals surface area (Å²) >= 11 is 0. The van der Waals surface area contributed by atoms with Gasteiger partial charge in [-0.25, -0.2) is 0 Å². The lowest BCUT2D eigenvalue weighted by atomic mass is 10.1. The van der Waals surface area contributed by atoms with Crippen molar-refractivity contribution in [3.05, 3.63) is 54.4 Å². The van der Waals surface area contributed by atoms with Crippen LogP contribution in [0.1, 0.15) is 31.2 Å². The summed E-state index contributed by atoms with van der Waals surface area (Å²) in [5.41, 5.74) is 1.06. The van der Waals surface area contributed by atoms with Crippen LogP contribution >= 0.6 is 0 Å². The van der Waals surface area contributed by atoms with Gasteiger partial charge in [0.25, 0.3) is 0 Å². The molecule has 30 heavy (non-hydrogen) atoms. The van der Waals surface area contributed by atoms with Crippen LogP contribution in [0.25, 0.3) is 0 Å². The molecule has 2 atom stereocenters. The van der Waals surface area contributed by atoms with Crippen molar-refractivity contribution in [1.82, 2.24) is 15.2 Å². The monoisotopic (exact) mass is 409 g/mol. The summed E-state index contributed by atoms with van der Waals surface area (Å²) in [6, 6.07) is 11.1. The molecule has 1 saturated heterocycles. The highest BCUT2D eigenvalue weighted by atomic mass is 16.5. The molecule has 1 aromatic carbocycles. The summed E-state index contributed by atoms with van der Waals surface area (Å²) in [5.74, 6) is 1.33. The third kappa shape index (κ3) is 5.09. The first-order valence-corrected chi connectivity index (χ1v) is 10.4. The molecule has 7 heteroatoms. The van der Waals surface area contributed by atoms with Crippen molar-refractivity contribution < 1.29 is 19.1 Å². The standard InChI is InChI=1S/C23H27N3O4/c1-29-18-9-4-16(5-10-18)6-11-22(27)26-15-20(30-19-3-2-12-24-14-19)13-21(26)23(28)25-17-7-8-17/h2-5,9-10,12,14,17,20-21H,6-8,11,13,15H2,1H3,(H,25,28)/t20-,21-/m0/s1. The van der Waals surface area contributed by atoms with Gasteiger partial charge in [-0.3, -0.25) is 14.6 Å². The quantitative estimate of drug-likeness (QED) is 0.724. The van der Waals surface area contributed by atoms with Crippen LogP contribution in [0.15, 0.2) is 48.8 Å². The number of pyridine rings is 1. The summed E-state index contributed by atoms with van der Waals surface area (Å²) in [6.07, 6.45) is 6.58. The Kier molecular flexibility index (Phi) is 6.16. The second-order valence-electron chi connectivity index (χ2n) is 7.86. The minimum absolute atomic E-state index is 0.0287. The van der Waals surface area contributed by atoms with E-state index in [4.69, 9.17) is 9.47 Å². The zero-order chi connectivity index (χ0) is 20.9. The number of aromatic nitrogens is 1. The van der Waals surface area contributed by atoms with Crippen LogP contribution in [-0.4, -0.2) is 53.5 Å². The SMILES string of the molecule is COc1ccc(CCC(=O)N2C[C@@H](Oc3cccnc3)C[C@H]2C(=O)NC2CC2)cc1. The molecule has 158 valence electrons. The van der Waals surface area contributed by atoms with Gasteiger partial charge in [-0.15, -0.1) is 0 Å². The zero-order valence-corrected chi connectivity index (χ0v) is 17.1. The molecule has 1 aliphatic carbocycles. The van der Waals surface area contributed by atoms with Gasteiger partial charge in [0.2, 0.25) is 11.8 Å². The molecule has 2 aromatic rings. The Morgan fingerprint density at radius 2 is 1.97 bits per heavy atom. The van der Waals surface area contributed by atoms with E-state index in [0.717, 1.165) is 24.2 Å². The number of carbonyl (C=O) groups is 2. The number of methoxy groups -OCH3 is 1. The van der Waals surface area contributed by atoms with Crippen molar-refractivity contribution in [3.63, 3.8) is 0 Å². The molecule has 1 saturated carbocycles. The lowest BCUT2D eigenvalue weighted by Crippen LogP contribution is -2.46. The molecule has 2 amide bonds. The highest BCUT2D eigenvalue weighted by Gasteiger charge is 2.41. The Morgan fingerprint density at radius 3 is 2.63 bits per heavy atom. The summed E-state index contributed by atoms with van der Waals surface area (Å²) in [5, 5.41) is 3.04. The van der Waals surface area contributed by atoms with Crippen LogP contribution in [-0.2, 0) is 16.0 Å². The third-order valence-corrected chi connectivity index (χ3v) is 5.53. The fraction of sp³-hybridized carbons (Fsp3) is 0.435. The number of amides is 2. The van der Waals surface area contributed by atoms with Gasteiger partial charge in [0.15, 0.2) is 0 Å². The van der Waals surface area contributed by atoms with Gasteiger partial charge in [-0.1, -0.05) is 12.1 Å². The predicted octanol–water partition coefficient (Wildman–Crippen LogP) is 2.35. The number of likely N-dealkylation sites (tertiary alicyclic amines) is 1. The summed E-state index contributed by atoms with van der Waals surface area (Å²) < 4.78 is 11.2. The van der Waals surface area contributed by atoms with E-state index in [0.29, 0.717) is 31.6 Å². The number of benzene rings is 1. The fourth-order valence-corrected chi connectivity index (χ4v) is 3.73. The van der Waals surface area contributed by atoms with E-state index in [2.05, 4.69) is 10.3 Å². The van der Waals surface area contributed by atoms with Crippen molar-refractivity contribution in [1.29, 1.82) is 0 Å². The van der Waals surface area contributed by atoms with Crippen molar-refractivity contribution in [2.24, 2.45) is 0 Å². The normalized spacial score (nSPS) is 20.6. The lowest BCUT2D eigenvalue weighted by molar-refractivity contribution is -0.138. The first kappa shape index (κ1) is 20.2. The van der Waals surface area contributed by atoms with Crippen molar-refractivity contribution in [2.45, 2.75) is 50.3 Å². The van der Waals surface area contributed by atoms with Gasteiger partial charge >= 0.3 is 0 Å². The van der Waals surface area contributed by atoms with Gasteiger partial charge in [-0.2, -0.15) is 0 Å². The minimum atomic E-state index is -0.490. The zero-order valence-electron chi connectivity index (χ0n) is 17.1. The smallest absolute Gasteiger partial charge is 0.243 e. The van der Waals surface area contributed by atoms with E-state index < -0.39 is 6.04 Å². The van der Waals surface area contributed by atoms with Crippen molar-refractivity contribution >= 4 is 11.8 Å². The Morgan fingerprint density at radius 1 is 1.17 bits per heavy atom. The van der Waals surface area contributed by atoms with Crippen LogP contribution in [0.4, 0.5) is 0 Å². The Bertz CT molecular complexity index is 868. The number of hydrogen-bond donors (Lipinski definition) is 1. The minimum Gasteiger partial charge on any atom is -0.497 e. The van der Waals surface area contributed by atoms with E-state index in [1.54, 1.807) is 30.5 Å². The van der Waals surface area contributed by atoms with Crippen LogP contribution in [0.3, 0.4) is 0 Å².